The molecule has 2 aliphatic heterocycles. The van der Waals surface area contributed by atoms with E-state index >= 15 is 0 Å². The van der Waals surface area contributed by atoms with Crippen molar-refractivity contribution in [2.75, 3.05) is 34.4 Å². The molecule has 17 heteroatoms. The van der Waals surface area contributed by atoms with E-state index in [0.29, 0.717) is 35.7 Å². The number of thiophene rings is 1. The predicted octanol–water partition coefficient (Wildman–Crippen LogP) is 5.41. The van der Waals surface area contributed by atoms with Crippen LogP contribution in [0.2, 0.25) is 0 Å². The molecule has 1 saturated heterocycles. The quantitative estimate of drug-likeness (QED) is 0.262. The SMILES string of the molecule is COC(=O)[C@@]12C[C@H]1/C=C/CCCCN(C)C(=O)N1CCC(Oc3cc(-c4sccc4OC)nc(-c4nc(C(F)(F)F)cs4)n3)C[C@H]1C(=O)N2. The molecule has 0 spiro atoms. The molecule has 3 aromatic rings. The second kappa shape index (κ2) is 13.9. The first-order valence-electron chi connectivity index (χ1n) is 15.7. The zero-order valence-corrected chi connectivity index (χ0v) is 28.6. The molecule has 6 rings (SSSR count). The van der Waals surface area contributed by atoms with E-state index in [2.05, 4.69) is 20.3 Å². The number of rotatable bonds is 6. The van der Waals surface area contributed by atoms with Gasteiger partial charge in [-0.2, -0.15) is 18.2 Å². The number of thiazole rings is 1. The number of fused-ring (bicyclic) bond motifs is 2. The van der Waals surface area contributed by atoms with Gasteiger partial charge in [0.1, 0.15) is 23.4 Å². The zero-order chi connectivity index (χ0) is 34.9. The molecule has 5 heterocycles. The molecule has 49 heavy (non-hydrogen) atoms. The third-order valence-corrected chi connectivity index (χ3v) is 10.6. The van der Waals surface area contributed by atoms with Gasteiger partial charge in [-0.1, -0.05) is 12.2 Å². The molecule has 4 atom stereocenters. The Balaban J connectivity index is 1.31. The van der Waals surface area contributed by atoms with E-state index in [4.69, 9.17) is 14.2 Å². The Morgan fingerprint density at radius 2 is 1.94 bits per heavy atom. The van der Waals surface area contributed by atoms with Crippen molar-refractivity contribution < 1.29 is 41.8 Å². The third kappa shape index (κ3) is 7.22. The Labute approximate surface area is 288 Å². The summed E-state index contributed by atoms with van der Waals surface area (Å²) in [5.74, 6) is -0.798. The van der Waals surface area contributed by atoms with Crippen LogP contribution in [0.4, 0.5) is 18.0 Å². The van der Waals surface area contributed by atoms with Crippen LogP contribution in [0, 0.1) is 5.92 Å². The molecule has 1 aliphatic carbocycles. The van der Waals surface area contributed by atoms with Gasteiger partial charge >= 0.3 is 18.2 Å². The van der Waals surface area contributed by atoms with Gasteiger partial charge in [-0.3, -0.25) is 4.79 Å². The van der Waals surface area contributed by atoms with Crippen molar-refractivity contribution >= 4 is 40.6 Å². The minimum Gasteiger partial charge on any atom is -0.495 e. The summed E-state index contributed by atoms with van der Waals surface area (Å²) in [5.41, 5.74) is -1.92. The van der Waals surface area contributed by atoms with Crippen molar-refractivity contribution in [1.29, 1.82) is 0 Å². The maximum Gasteiger partial charge on any atom is 0.434 e. The number of carbonyl (C=O) groups excluding carboxylic acids is 3. The Morgan fingerprint density at radius 1 is 1.12 bits per heavy atom. The maximum atomic E-state index is 14.0. The monoisotopic (exact) mass is 720 g/mol. The topological polar surface area (TPSA) is 136 Å². The number of carbonyl (C=O) groups is 3. The van der Waals surface area contributed by atoms with Gasteiger partial charge in [-0.05, 0) is 37.1 Å². The highest BCUT2D eigenvalue weighted by molar-refractivity contribution is 7.14. The lowest BCUT2D eigenvalue weighted by atomic mass is 9.98. The number of alkyl halides is 3. The maximum absolute atomic E-state index is 14.0. The largest absolute Gasteiger partial charge is 0.495 e. The molecular weight excluding hydrogens is 686 g/mol. The number of urea groups is 1. The number of nitrogens with zero attached hydrogens (tertiary/aromatic N) is 5. The second-order valence-electron chi connectivity index (χ2n) is 12.1. The summed E-state index contributed by atoms with van der Waals surface area (Å²) in [6, 6.07) is 1.99. The van der Waals surface area contributed by atoms with Gasteiger partial charge in [0.2, 0.25) is 11.8 Å². The Kier molecular flexibility index (Phi) is 9.84. The van der Waals surface area contributed by atoms with E-state index in [9.17, 15) is 27.6 Å². The lowest BCUT2D eigenvalue weighted by molar-refractivity contribution is -0.147. The van der Waals surface area contributed by atoms with E-state index in [1.54, 1.807) is 29.5 Å². The summed E-state index contributed by atoms with van der Waals surface area (Å²) < 4.78 is 57.0. The van der Waals surface area contributed by atoms with Crippen molar-refractivity contribution in [1.82, 2.24) is 30.1 Å². The molecule has 0 bridgehead atoms. The summed E-state index contributed by atoms with van der Waals surface area (Å²) in [4.78, 5) is 56.9. The number of ether oxygens (including phenoxy) is 3. The number of hydrogen-bond acceptors (Lipinski definition) is 11. The predicted molar refractivity (Wildman–Crippen MR) is 174 cm³/mol. The van der Waals surface area contributed by atoms with Gasteiger partial charge in [-0.25, -0.2) is 19.6 Å². The minimum absolute atomic E-state index is 0.0513. The first kappa shape index (κ1) is 34.6. The number of halogens is 3. The van der Waals surface area contributed by atoms with Gasteiger partial charge in [-0.15, -0.1) is 22.7 Å². The molecule has 3 amide bonds. The molecule has 3 aromatic heterocycles. The van der Waals surface area contributed by atoms with Crippen molar-refractivity contribution in [3.63, 3.8) is 0 Å². The van der Waals surface area contributed by atoms with Crippen LogP contribution in [0.15, 0.2) is 35.0 Å². The number of hydrogen-bond donors (Lipinski definition) is 1. The van der Waals surface area contributed by atoms with E-state index < -0.39 is 41.4 Å². The lowest BCUT2D eigenvalue weighted by Gasteiger charge is -2.40. The van der Waals surface area contributed by atoms with Crippen molar-refractivity contribution in [2.45, 2.75) is 62.4 Å². The molecule has 1 saturated carbocycles. The fraction of sp³-hybridized carbons (Fsp3) is 0.500. The van der Waals surface area contributed by atoms with E-state index in [-0.39, 0.29) is 41.6 Å². The summed E-state index contributed by atoms with van der Waals surface area (Å²) in [6.07, 6.45) is 1.87. The third-order valence-electron chi connectivity index (χ3n) is 8.88. The van der Waals surface area contributed by atoms with Crippen molar-refractivity contribution in [2.24, 2.45) is 5.92 Å². The minimum atomic E-state index is -4.64. The summed E-state index contributed by atoms with van der Waals surface area (Å²) in [6.45, 7) is 0.684. The molecule has 12 nitrogen and oxygen atoms in total. The Hall–Kier alpha value is -4.25. The zero-order valence-electron chi connectivity index (χ0n) is 27.0. The van der Waals surface area contributed by atoms with Crippen LogP contribution >= 0.6 is 22.7 Å². The Morgan fingerprint density at radius 3 is 2.67 bits per heavy atom. The van der Waals surface area contributed by atoms with Gasteiger partial charge < -0.3 is 29.3 Å². The second-order valence-corrected chi connectivity index (χ2v) is 13.9. The number of amides is 3. The van der Waals surface area contributed by atoms with Crippen LogP contribution in [0.1, 0.15) is 44.2 Å². The normalized spacial score (nSPS) is 25.4. The standard InChI is InChI=1S/C32H35F3N6O6S2/c1-40-11-7-5-4-6-8-18-16-31(18,29(43)46-3)39-27(42)21-14-19(9-12-41(21)30(40)44)47-24-15-20(25-22(45-2)10-13-48-25)36-26(38-24)28-37-23(17-49-28)32(33,34)35/h6,8,10,13,15,17-19,21H,4-5,7,9,11-12,14,16H2,1-3H3,(H,39,42)/b8-6+/t18-,19?,21+,31-/m1/s1. The number of nitrogens with one attached hydrogen (secondary N) is 1. The molecule has 2 fully saturated rings. The van der Waals surface area contributed by atoms with Crippen LogP contribution in [0.3, 0.4) is 0 Å². The first-order chi connectivity index (χ1) is 23.4. The molecule has 0 aromatic carbocycles. The Bertz CT molecular complexity index is 1750. The molecule has 262 valence electrons. The van der Waals surface area contributed by atoms with Crippen molar-refractivity contribution in [3.8, 4) is 33.0 Å². The van der Waals surface area contributed by atoms with E-state index in [1.807, 2.05) is 12.2 Å². The van der Waals surface area contributed by atoms with Crippen LogP contribution in [-0.2, 0) is 20.5 Å². The average molecular weight is 721 g/mol. The fourth-order valence-corrected chi connectivity index (χ4v) is 7.74. The highest BCUT2D eigenvalue weighted by atomic mass is 32.1. The van der Waals surface area contributed by atoms with E-state index in [1.165, 1.54) is 30.5 Å². The van der Waals surface area contributed by atoms with Gasteiger partial charge in [0.25, 0.3) is 0 Å². The number of methoxy groups -OCH3 is 2. The molecular formula is C32H35F3N6O6S2. The smallest absolute Gasteiger partial charge is 0.434 e. The van der Waals surface area contributed by atoms with Crippen LogP contribution in [0.25, 0.3) is 21.4 Å². The van der Waals surface area contributed by atoms with Crippen LogP contribution in [0.5, 0.6) is 11.6 Å². The average Bonchev–Trinajstić information content (AvgIpc) is 3.41. The molecule has 0 radical (unpaired) electrons. The lowest BCUT2D eigenvalue weighted by Crippen LogP contribution is -2.60. The summed E-state index contributed by atoms with van der Waals surface area (Å²) in [5, 5.41) is 5.54. The van der Waals surface area contributed by atoms with Gasteiger partial charge in [0, 0.05) is 50.3 Å². The fourth-order valence-electron chi connectivity index (χ4n) is 6.16. The highest BCUT2D eigenvalue weighted by Gasteiger charge is 2.62. The number of allylic oxidation sites excluding steroid dienone is 1. The van der Waals surface area contributed by atoms with Crippen LogP contribution < -0.4 is 14.8 Å². The number of aromatic nitrogens is 3. The van der Waals surface area contributed by atoms with E-state index in [0.717, 1.165) is 36.0 Å². The molecule has 1 unspecified atom stereocenters. The highest BCUT2D eigenvalue weighted by Crippen LogP contribution is 2.46. The van der Waals surface area contributed by atoms with Crippen LogP contribution in [-0.4, -0.2) is 94.7 Å². The molecule has 3 aliphatic rings. The van der Waals surface area contributed by atoms with Gasteiger partial charge in [0.05, 0.1) is 24.8 Å². The first-order valence-corrected chi connectivity index (χ1v) is 17.5. The van der Waals surface area contributed by atoms with Gasteiger partial charge in [0.15, 0.2) is 16.5 Å². The summed E-state index contributed by atoms with van der Waals surface area (Å²) in [7, 11) is 4.46. The number of esters is 1. The number of piperidine rings is 1. The molecule has 1 N–H and O–H groups in total. The summed E-state index contributed by atoms with van der Waals surface area (Å²) >= 11 is 2.07. The van der Waals surface area contributed by atoms with Crippen molar-refractivity contribution in [3.05, 3.63) is 40.7 Å².